The molecule has 2 unspecified atom stereocenters. The van der Waals surface area contributed by atoms with E-state index in [0.717, 1.165) is 29.9 Å². The minimum atomic E-state index is 0.308. The number of hydrogen-bond acceptors (Lipinski definition) is 4. The molecule has 0 spiro atoms. The third-order valence-electron chi connectivity index (χ3n) is 4.55. The molecule has 3 heterocycles. The van der Waals surface area contributed by atoms with Crippen molar-refractivity contribution < 1.29 is 0 Å². The van der Waals surface area contributed by atoms with Crippen molar-refractivity contribution in [3.63, 3.8) is 0 Å². The molecule has 0 aliphatic carbocycles. The lowest BCUT2D eigenvalue weighted by molar-refractivity contribution is 0.230. The van der Waals surface area contributed by atoms with Crippen LogP contribution in [0.2, 0.25) is 5.28 Å². The van der Waals surface area contributed by atoms with Crippen molar-refractivity contribution in [3.05, 3.63) is 51.8 Å². The Morgan fingerprint density at radius 1 is 1.18 bits per heavy atom. The molecule has 2 aliphatic rings. The molecule has 2 atom stereocenters. The van der Waals surface area contributed by atoms with Gasteiger partial charge in [0.2, 0.25) is 5.28 Å². The monoisotopic (exact) mass is 378 g/mol. The van der Waals surface area contributed by atoms with Gasteiger partial charge in [-0.1, -0.05) is 30.3 Å². The molecule has 2 aromatic rings. The number of rotatable bonds is 3. The van der Waals surface area contributed by atoms with Crippen LogP contribution in [0.3, 0.4) is 0 Å². The number of likely N-dealkylation sites (tertiary alicyclic amines) is 1. The van der Waals surface area contributed by atoms with Crippen LogP contribution in [-0.2, 0) is 6.54 Å². The van der Waals surface area contributed by atoms with E-state index in [0.29, 0.717) is 17.4 Å². The van der Waals surface area contributed by atoms with Gasteiger partial charge in [0.05, 0.1) is 4.47 Å². The molecule has 1 aromatic carbocycles. The average molecular weight is 380 g/mol. The Labute approximate surface area is 143 Å². The number of benzene rings is 1. The first-order valence-electron chi connectivity index (χ1n) is 7.43. The molecule has 1 aromatic heterocycles. The van der Waals surface area contributed by atoms with Crippen molar-refractivity contribution in [3.8, 4) is 0 Å². The average Bonchev–Trinajstić information content (AvgIpc) is 3.11. The van der Waals surface area contributed by atoms with Gasteiger partial charge in [-0.3, -0.25) is 4.90 Å². The second-order valence-electron chi connectivity index (χ2n) is 5.92. The summed E-state index contributed by atoms with van der Waals surface area (Å²) in [6.45, 7) is 3.11. The Bertz CT molecular complexity index is 681. The molecular formula is C16H16BrClN4. The van der Waals surface area contributed by atoms with Crippen molar-refractivity contribution in [2.75, 3.05) is 18.0 Å². The predicted molar refractivity (Wildman–Crippen MR) is 91.1 cm³/mol. The maximum absolute atomic E-state index is 5.95. The molecule has 2 bridgehead atoms. The van der Waals surface area contributed by atoms with Gasteiger partial charge < -0.3 is 4.90 Å². The number of piperazine rings is 1. The van der Waals surface area contributed by atoms with Crippen LogP contribution in [0.15, 0.2) is 41.0 Å². The Hall–Kier alpha value is -1.17. The first-order valence-corrected chi connectivity index (χ1v) is 8.60. The normalized spacial score (nSPS) is 24.2. The lowest BCUT2D eigenvalue weighted by atomic mass is 10.2. The molecule has 2 saturated heterocycles. The molecule has 6 heteroatoms. The lowest BCUT2D eigenvalue weighted by Gasteiger charge is -2.35. The molecule has 0 saturated carbocycles. The smallest absolute Gasteiger partial charge is 0.224 e. The lowest BCUT2D eigenvalue weighted by Crippen LogP contribution is -2.46. The zero-order valence-corrected chi connectivity index (χ0v) is 14.3. The summed E-state index contributed by atoms with van der Waals surface area (Å²) in [5, 5.41) is 0.308. The summed E-state index contributed by atoms with van der Waals surface area (Å²) in [6.07, 6.45) is 2.93. The molecule has 2 aliphatic heterocycles. The van der Waals surface area contributed by atoms with Crippen molar-refractivity contribution in [2.45, 2.75) is 25.0 Å². The van der Waals surface area contributed by atoms with E-state index in [4.69, 9.17) is 11.6 Å². The van der Waals surface area contributed by atoms with Crippen molar-refractivity contribution in [1.29, 1.82) is 0 Å². The fraction of sp³-hybridized carbons (Fsp3) is 0.375. The minimum absolute atomic E-state index is 0.308. The maximum atomic E-state index is 5.95. The highest BCUT2D eigenvalue weighted by Crippen LogP contribution is 2.37. The third-order valence-corrected chi connectivity index (χ3v) is 5.29. The Balaban J connectivity index is 1.49. The predicted octanol–water partition coefficient (Wildman–Crippen LogP) is 3.36. The van der Waals surface area contributed by atoms with Gasteiger partial charge in [-0.2, -0.15) is 4.98 Å². The quantitative estimate of drug-likeness (QED) is 0.766. The highest BCUT2D eigenvalue weighted by molar-refractivity contribution is 9.10. The van der Waals surface area contributed by atoms with Gasteiger partial charge >= 0.3 is 0 Å². The number of fused-ring (bicyclic) bond motifs is 2. The second-order valence-corrected chi connectivity index (χ2v) is 7.11. The van der Waals surface area contributed by atoms with Gasteiger partial charge in [0.25, 0.3) is 0 Å². The summed E-state index contributed by atoms with van der Waals surface area (Å²) < 4.78 is 0.916. The first kappa shape index (κ1) is 14.4. The van der Waals surface area contributed by atoms with E-state index in [2.05, 4.69) is 66.0 Å². The number of anilines is 1. The van der Waals surface area contributed by atoms with E-state index in [9.17, 15) is 0 Å². The summed E-state index contributed by atoms with van der Waals surface area (Å²) in [5.74, 6) is 0.923. The van der Waals surface area contributed by atoms with E-state index in [1.807, 2.05) is 0 Å². The summed E-state index contributed by atoms with van der Waals surface area (Å²) in [4.78, 5) is 13.4. The molecule has 0 amide bonds. The van der Waals surface area contributed by atoms with Crippen LogP contribution in [0.5, 0.6) is 0 Å². The fourth-order valence-electron chi connectivity index (χ4n) is 3.56. The summed E-state index contributed by atoms with van der Waals surface area (Å²) in [5.41, 5.74) is 1.38. The Morgan fingerprint density at radius 3 is 2.73 bits per heavy atom. The SMILES string of the molecule is Clc1ncc(Br)c(N2CC3CC2CN3Cc2ccccc2)n1. The van der Waals surface area contributed by atoms with Crippen LogP contribution in [0.1, 0.15) is 12.0 Å². The second kappa shape index (κ2) is 5.80. The van der Waals surface area contributed by atoms with E-state index in [-0.39, 0.29) is 0 Å². The minimum Gasteiger partial charge on any atom is -0.350 e. The topological polar surface area (TPSA) is 32.3 Å². The molecule has 0 radical (unpaired) electrons. The summed E-state index contributed by atoms with van der Waals surface area (Å²) in [7, 11) is 0. The van der Waals surface area contributed by atoms with E-state index >= 15 is 0 Å². The number of aromatic nitrogens is 2. The van der Waals surface area contributed by atoms with Crippen LogP contribution in [0.25, 0.3) is 0 Å². The third kappa shape index (κ3) is 2.62. The van der Waals surface area contributed by atoms with Crippen molar-refractivity contribution in [2.24, 2.45) is 0 Å². The van der Waals surface area contributed by atoms with Crippen molar-refractivity contribution >= 4 is 33.3 Å². The number of halogens is 2. The van der Waals surface area contributed by atoms with Gasteiger partial charge in [-0.15, -0.1) is 0 Å². The van der Waals surface area contributed by atoms with Gasteiger partial charge in [0.1, 0.15) is 5.82 Å². The summed E-state index contributed by atoms with van der Waals surface area (Å²) in [6, 6.07) is 11.8. The van der Waals surface area contributed by atoms with Crippen molar-refractivity contribution in [1.82, 2.24) is 14.9 Å². The number of hydrogen-bond donors (Lipinski definition) is 0. The molecule has 22 heavy (non-hydrogen) atoms. The Kier molecular flexibility index (Phi) is 3.80. The van der Waals surface area contributed by atoms with Crippen LogP contribution in [0.4, 0.5) is 5.82 Å². The standard InChI is InChI=1S/C16H16BrClN4/c17-14-7-19-16(18)20-15(14)22-10-12-6-13(22)9-21(12)8-11-4-2-1-3-5-11/h1-5,7,12-13H,6,8-10H2. The van der Waals surface area contributed by atoms with Gasteiger partial charge in [0, 0.05) is 37.9 Å². The van der Waals surface area contributed by atoms with Crippen LogP contribution in [-0.4, -0.2) is 40.0 Å². The molecule has 4 nitrogen and oxygen atoms in total. The molecule has 2 fully saturated rings. The summed E-state index contributed by atoms with van der Waals surface area (Å²) >= 11 is 9.50. The van der Waals surface area contributed by atoms with E-state index in [1.54, 1.807) is 6.20 Å². The molecule has 114 valence electrons. The van der Waals surface area contributed by atoms with Gasteiger partial charge in [-0.05, 0) is 39.5 Å². The maximum Gasteiger partial charge on any atom is 0.224 e. The zero-order chi connectivity index (χ0) is 15.1. The van der Waals surface area contributed by atoms with Gasteiger partial charge in [-0.25, -0.2) is 4.98 Å². The molecular weight excluding hydrogens is 364 g/mol. The van der Waals surface area contributed by atoms with Crippen LogP contribution in [0, 0.1) is 0 Å². The van der Waals surface area contributed by atoms with E-state index < -0.39 is 0 Å². The Morgan fingerprint density at radius 2 is 2.00 bits per heavy atom. The van der Waals surface area contributed by atoms with Crippen LogP contribution >= 0.6 is 27.5 Å². The van der Waals surface area contributed by atoms with E-state index in [1.165, 1.54) is 12.0 Å². The highest BCUT2D eigenvalue weighted by atomic mass is 79.9. The largest absolute Gasteiger partial charge is 0.350 e. The number of nitrogens with zero attached hydrogens (tertiary/aromatic N) is 4. The first-order chi connectivity index (χ1) is 10.7. The molecule has 4 rings (SSSR count). The highest BCUT2D eigenvalue weighted by Gasteiger charge is 2.44. The zero-order valence-electron chi connectivity index (χ0n) is 12.0. The van der Waals surface area contributed by atoms with Crippen LogP contribution < -0.4 is 4.90 Å². The van der Waals surface area contributed by atoms with Gasteiger partial charge in [0.15, 0.2) is 0 Å². The molecule has 0 N–H and O–H groups in total. The fourth-order valence-corrected chi connectivity index (χ4v) is 4.11.